The molecule has 0 aromatic heterocycles. The maximum Gasteiger partial charge on any atom is 0.311 e. The fourth-order valence-electron chi connectivity index (χ4n) is 3.41. The number of esters is 1. The number of anilines is 1. The fourth-order valence-corrected chi connectivity index (χ4v) is 3.41. The highest BCUT2D eigenvalue weighted by atomic mass is 16.5. The van der Waals surface area contributed by atoms with Crippen LogP contribution in [0, 0.1) is 19.8 Å². The van der Waals surface area contributed by atoms with Gasteiger partial charge >= 0.3 is 5.97 Å². The number of para-hydroxylation sites is 2. The molecule has 0 unspecified atom stereocenters. The maximum atomic E-state index is 12.4. The van der Waals surface area contributed by atoms with Gasteiger partial charge in [-0.1, -0.05) is 35.9 Å². The SMILES string of the molecule is COc1ccccc1N1C[C@H](C(=O)OCC(=O)c2ccc(C)cc2C)CC1=O. The molecule has 0 spiro atoms. The second-order valence-corrected chi connectivity index (χ2v) is 6.93. The lowest BCUT2D eigenvalue weighted by molar-refractivity contribution is -0.147. The second kappa shape index (κ2) is 8.25. The number of benzene rings is 2. The number of amides is 1. The van der Waals surface area contributed by atoms with Crippen LogP contribution in [0.3, 0.4) is 0 Å². The fraction of sp³-hybridized carbons (Fsp3) is 0.318. The second-order valence-electron chi connectivity index (χ2n) is 6.93. The summed E-state index contributed by atoms with van der Waals surface area (Å²) in [7, 11) is 1.53. The van der Waals surface area contributed by atoms with Gasteiger partial charge in [-0.3, -0.25) is 14.4 Å². The first-order valence-electron chi connectivity index (χ1n) is 9.11. The standard InChI is InChI=1S/C22H23NO5/c1-14-8-9-17(15(2)10-14)19(24)13-28-22(26)16-11-21(25)23(12-16)18-6-4-5-7-20(18)27-3/h4-10,16H,11-13H2,1-3H3/t16-/m1/s1. The van der Waals surface area contributed by atoms with E-state index in [9.17, 15) is 14.4 Å². The van der Waals surface area contributed by atoms with Crippen LogP contribution in [0.1, 0.15) is 27.9 Å². The van der Waals surface area contributed by atoms with Crippen LogP contribution < -0.4 is 9.64 Å². The number of carbonyl (C=O) groups is 3. The zero-order chi connectivity index (χ0) is 20.3. The molecule has 1 aliphatic heterocycles. The van der Waals surface area contributed by atoms with Gasteiger partial charge in [-0.2, -0.15) is 0 Å². The van der Waals surface area contributed by atoms with E-state index in [2.05, 4.69) is 0 Å². The number of ether oxygens (including phenoxy) is 2. The molecule has 1 saturated heterocycles. The van der Waals surface area contributed by atoms with E-state index in [4.69, 9.17) is 9.47 Å². The Labute approximate surface area is 164 Å². The molecule has 6 nitrogen and oxygen atoms in total. The number of hydrogen-bond donors (Lipinski definition) is 0. The van der Waals surface area contributed by atoms with Gasteiger partial charge in [0.1, 0.15) is 5.75 Å². The highest BCUT2D eigenvalue weighted by Crippen LogP contribution is 2.33. The van der Waals surface area contributed by atoms with Crippen LogP contribution in [0.2, 0.25) is 0 Å². The number of carbonyl (C=O) groups excluding carboxylic acids is 3. The van der Waals surface area contributed by atoms with E-state index in [1.54, 1.807) is 24.3 Å². The molecule has 28 heavy (non-hydrogen) atoms. The van der Waals surface area contributed by atoms with Crippen molar-refractivity contribution in [1.82, 2.24) is 0 Å². The summed E-state index contributed by atoms with van der Waals surface area (Å²) in [6, 6.07) is 12.7. The van der Waals surface area contributed by atoms with Gasteiger partial charge in [-0.25, -0.2) is 0 Å². The van der Waals surface area contributed by atoms with Gasteiger partial charge in [-0.05, 0) is 31.5 Å². The number of rotatable bonds is 6. The average Bonchev–Trinajstić information content (AvgIpc) is 3.07. The van der Waals surface area contributed by atoms with Crippen LogP contribution in [0.5, 0.6) is 5.75 Å². The van der Waals surface area contributed by atoms with Crippen LogP contribution in [-0.2, 0) is 14.3 Å². The number of hydrogen-bond acceptors (Lipinski definition) is 5. The van der Waals surface area contributed by atoms with Crippen molar-refractivity contribution in [3.05, 3.63) is 59.2 Å². The Morgan fingerprint density at radius 3 is 2.61 bits per heavy atom. The van der Waals surface area contributed by atoms with Gasteiger partial charge in [0.25, 0.3) is 0 Å². The van der Waals surface area contributed by atoms with Gasteiger partial charge in [0.2, 0.25) is 11.7 Å². The third kappa shape index (κ3) is 4.06. The average molecular weight is 381 g/mol. The van der Waals surface area contributed by atoms with Gasteiger partial charge < -0.3 is 14.4 Å². The van der Waals surface area contributed by atoms with Crippen LogP contribution in [0.4, 0.5) is 5.69 Å². The highest BCUT2D eigenvalue weighted by Gasteiger charge is 2.37. The van der Waals surface area contributed by atoms with Gasteiger partial charge in [0.15, 0.2) is 6.61 Å². The van der Waals surface area contributed by atoms with E-state index < -0.39 is 11.9 Å². The zero-order valence-corrected chi connectivity index (χ0v) is 16.2. The van der Waals surface area contributed by atoms with Gasteiger partial charge in [0.05, 0.1) is 18.7 Å². The lowest BCUT2D eigenvalue weighted by Crippen LogP contribution is -2.27. The third-order valence-electron chi connectivity index (χ3n) is 4.86. The summed E-state index contributed by atoms with van der Waals surface area (Å²) < 4.78 is 10.5. The molecule has 2 aromatic carbocycles. The van der Waals surface area contributed by atoms with Crippen molar-refractivity contribution >= 4 is 23.3 Å². The van der Waals surface area contributed by atoms with Gasteiger partial charge in [-0.15, -0.1) is 0 Å². The smallest absolute Gasteiger partial charge is 0.311 e. The molecular formula is C22H23NO5. The van der Waals surface area contributed by atoms with Crippen molar-refractivity contribution in [2.45, 2.75) is 20.3 Å². The molecule has 1 fully saturated rings. The summed E-state index contributed by atoms with van der Waals surface area (Å²) in [6.07, 6.45) is 0.0502. The Balaban J connectivity index is 1.62. The topological polar surface area (TPSA) is 72.9 Å². The van der Waals surface area contributed by atoms with Crippen molar-refractivity contribution in [2.75, 3.05) is 25.2 Å². The van der Waals surface area contributed by atoms with Crippen molar-refractivity contribution in [3.8, 4) is 5.75 Å². The predicted octanol–water partition coefficient (Wildman–Crippen LogP) is 3.09. The van der Waals surface area contributed by atoms with E-state index in [0.717, 1.165) is 11.1 Å². The molecule has 2 aromatic rings. The first-order chi connectivity index (χ1) is 13.4. The van der Waals surface area contributed by atoms with Gasteiger partial charge in [0, 0.05) is 18.5 Å². The molecule has 0 aliphatic carbocycles. The number of methoxy groups -OCH3 is 1. The van der Waals surface area contributed by atoms with E-state index in [1.165, 1.54) is 12.0 Å². The largest absolute Gasteiger partial charge is 0.495 e. The summed E-state index contributed by atoms with van der Waals surface area (Å²) in [5.41, 5.74) is 3.07. The maximum absolute atomic E-state index is 12.4. The Bertz CT molecular complexity index is 921. The lowest BCUT2D eigenvalue weighted by atomic mass is 10.0. The molecule has 1 heterocycles. The number of aryl methyl sites for hydroxylation is 2. The summed E-state index contributed by atoms with van der Waals surface area (Å²) >= 11 is 0. The predicted molar refractivity (Wildman–Crippen MR) is 105 cm³/mol. The lowest BCUT2D eigenvalue weighted by Gasteiger charge is -2.19. The minimum Gasteiger partial charge on any atom is -0.495 e. The summed E-state index contributed by atoms with van der Waals surface area (Å²) in [5.74, 6) is -1.01. The Morgan fingerprint density at radius 1 is 1.14 bits per heavy atom. The molecule has 0 N–H and O–H groups in total. The van der Waals surface area contributed by atoms with E-state index in [0.29, 0.717) is 17.0 Å². The third-order valence-corrected chi connectivity index (χ3v) is 4.86. The van der Waals surface area contributed by atoms with Crippen molar-refractivity contribution in [1.29, 1.82) is 0 Å². The number of ketones is 1. The monoisotopic (exact) mass is 381 g/mol. The molecule has 1 aliphatic rings. The van der Waals surface area contributed by atoms with Crippen molar-refractivity contribution in [3.63, 3.8) is 0 Å². The van der Waals surface area contributed by atoms with Crippen LogP contribution in [-0.4, -0.2) is 37.9 Å². The summed E-state index contributed by atoms with van der Waals surface area (Å²) in [5, 5.41) is 0. The zero-order valence-electron chi connectivity index (χ0n) is 16.2. The summed E-state index contributed by atoms with van der Waals surface area (Å²) in [4.78, 5) is 38.7. The molecule has 1 amide bonds. The molecule has 6 heteroatoms. The molecule has 146 valence electrons. The number of Topliss-reactive ketones (excluding diaryl/α,β-unsaturated/α-hetero) is 1. The normalized spacial score (nSPS) is 16.2. The van der Waals surface area contributed by atoms with Crippen LogP contribution in [0.25, 0.3) is 0 Å². The van der Waals surface area contributed by atoms with Crippen LogP contribution >= 0.6 is 0 Å². The molecule has 0 radical (unpaired) electrons. The van der Waals surface area contributed by atoms with Crippen molar-refractivity contribution < 1.29 is 23.9 Å². The number of nitrogens with zero attached hydrogens (tertiary/aromatic N) is 1. The van der Waals surface area contributed by atoms with E-state index >= 15 is 0 Å². The molecule has 3 rings (SSSR count). The molecule has 0 bridgehead atoms. The molecule has 1 atom stereocenters. The Hall–Kier alpha value is -3.15. The van der Waals surface area contributed by atoms with E-state index in [1.807, 2.05) is 32.0 Å². The molecular weight excluding hydrogens is 358 g/mol. The molecule has 0 saturated carbocycles. The van der Waals surface area contributed by atoms with Crippen molar-refractivity contribution in [2.24, 2.45) is 5.92 Å². The first-order valence-corrected chi connectivity index (χ1v) is 9.11. The Morgan fingerprint density at radius 2 is 1.89 bits per heavy atom. The minimum atomic E-state index is -0.607. The van der Waals surface area contributed by atoms with E-state index in [-0.39, 0.29) is 31.3 Å². The highest BCUT2D eigenvalue weighted by molar-refractivity contribution is 6.02. The first kappa shape index (κ1) is 19.6. The minimum absolute atomic E-state index is 0.0502. The quantitative estimate of drug-likeness (QED) is 0.568. The van der Waals surface area contributed by atoms with Crippen LogP contribution in [0.15, 0.2) is 42.5 Å². The Kier molecular flexibility index (Phi) is 5.78. The summed E-state index contributed by atoms with van der Waals surface area (Å²) in [6.45, 7) is 3.67.